The van der Waals surface area contributed by atoms with Gasteiger partial charge in [0.15, 0.2) is 0 Å². The van der Waals surface area contributed by atoms with E-state index in [1.807, 2.05) is 39.0 Å². The number of amides is 1. The molecule has 2 aromatic heterocycles. The summed E-state index contributed by atoms with van der Waals surface area (Å²) in [6, 6.07) is 7.86. The maximum absolute atomic E-state index is 13.1. The maximum Gasteiger partial charge on any atom is 0.387 e. The van der Waals surface area contributed by atoms with Gasteiger partial charge >= 0.3 is 6.61 Å². The number of para-hydroxylation sites is 1. The fourth-order valence-electron chi connectivity index (χ4n) is 3.41. The number of nitrogens with one attached hydrogen (secondary N) is 1. The van der Waals surface area contributed by atoms with Crippen molar-refractivity contribution < 1.29 is 28.2 Å². The molecule has 2 N–H and O–H groups in total. The molecule has 0 bridgehead atoms. The number of aliphatic hydroxyl groups is 1. The van der Waals surface area contributed by atoms with Gasteiger partial charge in [0, 0.05) is 23.0 Å². The standard InChI is InChI=1S/C26H28F2N4O4S.C2H6.C2H2/c1-5-17(26(3,4)34)10-8-9-13-35-25-32-31-24(37-25)30-22(33)20-15-29-16(2)14-19(20)18-11-6-7-12-21(18)36-23(27)28;2*1-2/h5-8,10-12,14-15,23,34H,9,13H2,1-4H3,(H,30,31,33);1-2H3;1-2H/b10-8-,17-5+;;. The van der Waals surface area contributed by atoms with Gasteiger partial charge in [0.2, 0.25) is 5.13 Å². The van der Waals surface area contributed by atoms with Crippen LogP contribution >= 0.6 is 11.3 Å². The molecule has 11 heteroatoms. The van der Waals surface area contributed by atoms with Crippen LogP contribution in [0, 0.1) is 19.8 Å². The molecule has 0 fully saturated rings. The molecule has 0 aliphatic heterocycles. The Balaban J connectivity index is 0.00000201. The fourth-order valence-corrected chi connectivity index (χ4v) is 4.03. The number of carbonyl (C=O) groups excluding carboxylic acids is 1. The van der Waals surface area contributed by atoms with E-state index < -0.39 is 18.1 Å². The summed E-state index contributed by atoms with van der Waals surface area (Å²) in [5.74, 6) is -0.590. The molecule has 0 unspecified atom stereocenters. The lowest BCUT2D eigenvalue weighted by Crippen LogP contribution is -2.20. The lowest BCUT2D eigenvalue weighted by Gasteiger charge is -2.18. The summed E-state index contributed by atoms with van der Waals surface area (Å²) in [6.07, 6.45) is 15.5. The first-order chi connectivity index (χ1) is 19.6. The van der Waals surface area contributed by atoms with Gasteiger partial charge in [0.25, 0.3) is 11.1 Å². The van der Waals surface area contributed by atoms with Crippen LogP contribution in [0.5, 0.6) is 10.9 Å². The Kier molecular flexibility index (Phi) is 14.9. The molecule has 3 aromatic rings. The van der Waals surface area contributed by atoms with E-state index in [0.717, 1.165) is 16.9 Å². The molecule has 1 amide bonds. The average Bonchev–Trinajstić information content (AvgIpc) is 3.39. The van der Waals surface area contributed by atoms with Gasteiger partial charge in [0.05, 0.1) is 17.8 Å². The number of allylic oxidation sites excluding steroid dienone is 1. The number of aromatic nitrogens is 3. The zero-order valence-electron chi connectivity index (χ0n) is 24.0. The van der Waals surface area contributed by atoms with Crippen LogP contribution in [-0.4, -0.2) is 45.0 Å². The molecule has 0 saturated carbocycles. The predicted octanol–water partition coefficient (Wildman–Crippen LogP) is 7.08. The number of terminal acetylenes is 1. The lowest BCUT2D eigenvalue weighted by molar-refractivity contribution is -0.0494. The number of rotatable bonds is 11. The molecule has 41 heavy (non-hydrogen) atoms. The van der Waals surface area contributed by atoms with Crippen LogP contribution in [0.25, 0.3) is 11.1 Å². The Morgan fingerprint density at radius 3 is 2.51 bits per heavy atom. The zero-order valence-corrected chi connectivity index (χ0v) is 24.8. The largest absolute Gasteiger partial charge is 0.469 e. The molecule has 0 radical (unpaired) electrons. The van der Waals surface area contributed by atoms with Gasteiger partial charge in [-0.3, -0.25) is 15.1 Å². The molecule has 0 spiro atoms. The van der Waals surface area contributed by atoms with Crippen LogP contribution in [-0.2, 0) is 0 Å². The van der Waals surface area contributed by atoms with Crippen molar-refractivity contribution in [3.63, 3.8) is 0 Å². The highest BCUT2D eigenvalue weighted by Gasteiger charge is 2.20. The second-order valence-corrected chi connectivity index (χ2v) is 9.36. The summed E-state index contributed by atoms with van der Waals surface area (Å²) in [4.78, 5) is 17.2. The summed E-state index contributed by atoms with van der Waals surface area (Å²) in [6.45, 7) is 8.34. The number of anilines is 1. The van der Waals surface area contributed by atoms with Crippen molar-refractivity contribution in [3.05, 3.63) is 71.6 Å². The van der Waals surface area contributed by atoms with E-state index in [1.54, 1.807) is 45.0 Å². The summed E-state index contributed by atoms with van der Waals surface area (Å²) >= 11 is 1.05. The van der Waals surface area contributed by atoms with E-state index in [0.29, 0.717) is 29.8 Å². The maximum atomic E-state index is 13.1. The number of nitrogens with zero attached hydrogens (tertiary/aromatic N) is 3. The van der Waals surface area contributed by atoms with Gasteiger partial charge in [-0.1, -0.05) is 55.4 Å². The molecule has 3 rings (SSSR count). The first kappa shape index (κ1) is 34.9. The second-order valence-electron chi connectivity index (χ2n) is 8.42. The number of benzene rings is 1. The fraction of sp³-hybridized carbons (Fsp3) is 0.333. The molecule has 0 aliphatic carbocycles. The Morgan fingerprint density at radius 1 is 1.20 bits per heavy atom. The SMILES string of the molecule is C#C.C/C=C(\C=C/CCOc1nnc(NC(=O)c2cnc(C)cc2-c2ccccc2OC(F)F)s1)C(C)(C)O.CC. The van der Waals surface area contributed by atoms with Crippen molar-refractivity contribution in [2.45, 2.75) is 60.2 Å². The van der Waals surface area contributed by atoms with Gasteiger partial charge in [0.1, 0.15) is 5.75 Å². The Morgan fingerprint density at radius 2 is 1.88 bits per heavy atom. The molecule has 0 aliphatic rings. The van der Waals surface area contributed by atoms with Crippen molar-refractivity contribution in [1.82, 2.24) is 15.2 Å². The van der Waals surface area contributed by atoms with Crippen molar-refractivity contribution >= 4 is 22.4 Å². The Bertz CT molecular complexity index is 1330. The first-order valence-corrected chi connectivity index (χ1v) is 13.6. The summed E-state index contributed by atoms with van der Waals surface area (Å²) < 4.78 is 36.1. The van der Waals surface area contributed by atoms with Crippen LogP contribution in [0.15, 0.2) is 60.3 Å². The molecule has 0 saturated heterocycles. The normalized spacial score (nSPS) is 11.3. The smallest absolute Gasteiger partial charge is 0.387 e. The van der Waals surface area contributed by atoms with Crippen LogP contribution < -0.4 is 14.8 Å². The second kappa shape index (κ2) is 17.5. The van der Waals surface area contributed by atoms with Crippen LogP contribution in [0.2, 0.25) is 0 Å². The number of alkyl halides is 2. The Hall–Kier alpha value is -4.14. The summed E-state index contributed by atoms with van der Waals surface area (Å²) in [7, 11) is 0. The zero-order chi connectivity index (χ0) is 31.0. The van der Waals surface area contributed by atoms with Gasteiger partial charge < -0.3 is 14.6 Å². The van der Waals surface area contributed by atoms with E-state index in [9.17, 15) is 18.7 Å². The number of ether oxygens (including phenoxy) is 2. The molecule has 2 heterocycles. The van der Waals surface area contributed by atoms with Crippen LogP contribution in [0.4, 0.5) is 13.9 Å². The minimum absolute atomic E-state index is 0.0538. The number of hydrogen-bond donors (Lipinski definition) is 2. The topological polar surface area (TPSA) is 106 Å². The highest BCUT2D eigenvalue weighted by molar-refractivity contribution is 7.17. The van der Waals surface area contributed by atoms with Gasteiger partial charge in [-0.25, -0.2) is 0 Å². The quantitative estimate of drug-likeness (QED) is 0.140. The first-order valence-electron chi connectivity index (χ1n) is 12.8. The number of halogens is 2. The Labute approximate surface area is 244 Å². The monoisotopic (exact) mass is 586 g/mol. The molecular formula is C30H36F2N4O4S. The third-order valence-electron chi connectivity index (χ3n) is 5.13. The van der Waals surface area contributed by atoms with E-state index in [-0.39, 0.29) is 21.6 Å². The summed E-state index contributed by atoms with van der Waals surface area (Å²) in [5, 5.41) is 21.1. The van der Waals surface area contributed by atoms with Crippen LogP contribution in [0.3, 0.4) is 0 Å². The molecule has 1 aromatic carbocycles. The highest BCUT2D eigenvalue weighted by Crippen LogP contribution is 2.34. The third kappa shape index (κ3) is 11.1. The lowest BCUT2D eigenvalue weighted by atomic mass is 9.97. The third-order valence-corrected chi connectivity index (χ3v) is 5.88. The number of pyridine rings is 1. The van der Waals surface area contributed by atoms with E-state index >= 15 is 0 Å². The van der Waals surface area contributed by atoms with Crippen molar-refractivity contribution in [1.29, 1.82) is 0 Å². The van der Waals surface area contributed by atoms with E-state index in [4.69, 9.17) is 4.74 Å². The molecular weight excluding hydrogens is 550 g/mol. The number of aryl methyl sites for hydroxylation is 1. The highest BCUT2D eigenvalue weighted by atomic mass is 32.1. The molecule has 0 atom stereocenters. The van der Waals surface area contributed by atoms with Gasteiger partial charge in [-0.15, -0.1) is 17.9 Å². The van der Waals surface area contributed by atoms with Crippen molar-refractivity contribution in [2.24, 2.45) is 0 Å². The van der Waals surface area contributed by atoms with E-state index in [1.165, 1.54) is 12.3 Å². The van der Waals surface area contributed by atoms with Gasteiger partial charge in [-0.05, 0) is 63.2 Å². The average molecular weight is 587 g/mol. The minimum Gasteiger partial charge on any atom is -0.469 e. The predicted molar refractivity (Wildman–Crippen MR) is 159 cm³/mol. The van der Waals surface area contributed by atoms with Crippen LogP contribution in [0.1, 0.15) is 57.1 Å². The summed E-state index contributed by atoms with van der Waals surface area (Å²) in [5.41, 5.74) is 1.35. The molecule has 8 nitrogen and oxygen atoms in total. The van der Waals surface area contributed by atoms with Crippen molar-refractivity contribution in [3.8, 4) is 34.9 Å². The van der Waals surface area contributed by atoms with E-state index in [2.05, 4.69) is 38.1 Å². The number of hydrogen-bond acceptors (Lipinski definition) is 8. The minimum atomic E-state index is -3.01. The number of carbonyl (C=O) groups is 1. The van der Waals surface area contributed by atoms with Crippen molar-refractivity contribution in [2.75, 3.05) is 11.9 Å². The van der Waals surface area contributed by atoms with Gasteiger partial charge in [-0.2, -0.15) is 8.78 Å². The molecule has 220 valence electrons.